The van der Waals surface area contributed by atoms with Crippen molar-refractivity contribution in [1.29, 1.82) is 0 Å². The number of hydrogen-bond acceptors (Lipinski definition) is 3. The van der Waals surface area contributed by atoms with Gasteiger partial charge in [-0.1, -0.05) is 13.3 Å². The molecule has 0 radical (unpaired) electrons. The van der Waals surface area contributed by atoms with Gasteiger partial charge in [0.15, 0.2) is 0 Å². The van der Waals surface area contributed by atoms with Crippen LogP contribution in [0, 0.1) is 5.92 Å². The Morgan fingerprint density at radius 2 is 2.13 bits per heavy atom. The highest BCUT2D eigenvalue weighted by Crippen LogP contribution is 2.15. The SMILES string of the molecule is CCCC(CN)C(=O)N1CCC(O)CC1. The number of amides is 1. The van der Waals surface area contributed by atoms with Gasteiger partial charge in [-0.3, -0.25) is 4.79 Å². The molecule has 0 spiro atoms. The molecule has 0 saturated carbocycles. The van der Waals surface area contributed by atoms with E-state index >= 15 is 0 Å². The Labute approximate surface area is 91.4 Å². The topological polar surface area (TPSA) is 66.6 Å². The molecule has 1 heterocycles. The van der Waals surface area contributed by atoms with Crippen LogP contribution in [0.3, 0.4) is 0 Å². The highest BCUT2D eigenvalue weighted by Gasteiger charge is 2.25. The average Bonchev–Trinajstić information content (AvgIpc) is 2.26. The standard InChI is InChI=1S/C11H22N2O2/c1-2-3-9(8-12)11(15)13-6-4-10(14)5-7-13/h9-10,14H,2-8,12H2,1H3. The van der Waals surface area contributed by atoms with Crippen molar-refractivity contribution in [3.8, 4) is 0 Å². The molecule has 1 rings (SSSR count). The Morgan fingerprint density at radius 1 is 1.53 bits per heavy atom. The summed E-state index contributed by atoms with van der Waals surface area (Å²) in [4.78, 5) is 13.8. The van der Waals surface area contributed by atoms with Crippen LogP contribution in [0.25, 0.3) is 0 Å². The fourth-order valence-electron chi connectivity index (χ4n) is 2.04. The molecule has 1 unspecified atom stereocenters. The van der Waals surface area contributed by atoms with E-state index in [0.29, 0.717) is 32.5 Å². The number of nitrogens with two attached hydrogens (primary N) is 1. The molecular formula is C11H22N2O2. The summed E-state index contributed by atoms with van der Waals surface area (Å²) in [7, 11) is 0. The summed E-state index contributed by atoms with van der Waals surface area (Å²) in [6, 6.07) is 0. The molecule has 1 fully saturated rings. The van der Waals surface area contributed by atoms with Gasteiger partial charge in [0.2, 0.25) is 5.91 Å². The molecule has 1 aliphatic heterocycles. The molecular weight excluding hydrogens is 192 g/mol. The zero-order valence-electron chi connectivity index (χ0n) is 9.48. The molecule has 1 atom stereocenters. The zero-order chi connectivity index (χ0) is 11.3. The molecule has 0 aliphatic carbocycles. The van der Waals surface area contributed by atoms with Crippen LogP contribution in [0.1, 0.15) is 32.6 Å². The third-order valence-corrected chi connectivity index (χ3v) is 3.05. The maximum atomic E-state index is 12.0. The second kappa shape index (κ2) is 6.08. The van der Waals surface area contributed by atoms with Crippen LogP contribution in [0.4, 0.5) is 0 Å². The molecule has 0 bridgehead atoms. The van der Waals surface area contributed by atoms with Gasteiger partial charge in [0.05, 0.1) is 12.0 Å². The molecule has 1 aliphatic rings. The molecule has 1 amide bonds. The van der Waals surface area contributed by atoms with E-state index in [9.17, 15) is 9.90 Å². The second-order valence-corrected chi connectivity index (χ2v) is 4.28. The number of piperidine rings is 1. The second-order valence-electron chi connectivity index (χ2n) is 4.28. The van der Waals surface area contributed by atoms with Gasteiger partial charge in [0, 0.05) is 19.6 Å². The van der Waals surface area contributed by atoms with E-state index in [1.54, 1.807) is 0 Å². The lowest BCUT2D eigenvalue weighted by Gasteiger charge is -2.32. The highest BCUT2D eigenvalue weighted by molar-refractivity contribution is 5.79. The molecule has 4 nitrogen and oxygen atoms in total. The number of aliphatic hydroxyl groups is 1. The van der Waals surface area contributed by atoms with Gasteiger partial charge in [0.1, 0.15) is 0 Å². The van der Waals surface area contributed by atoms with Gasteiger partial charge in [-0.05, 0) is 19.3 Å². The van der Waals surface area contributed by atoms with Crippen LogP contribution in [0.2, 0.25) is 0 Å². The number of aliphatic hydroxyl groups excluding tert-OH is 1. The van der Waals surface area contributed by atoms with Crippen molar-refractivity contribution >= 4 is 5.91 Å². The Hall–Kier alpha value is -0.610. The summed E-state index contributed by atoms with van der Waals surface area (Å²) >= 11 is 0. The first-order valence-corrected chi connectivity index (χ1v) is 5.86. The minimum Gasteiger partial charge on any atom is -0.393 e. The van der Waals surface area contributed by atoms with E-state index in [0.717, 1.165) is 12.8 Å². The van der Waals surface area contributed by atoms with Gasteiger partial charge >= 0.3 is 0 Å². The first-order chi connectivity index (χ1) is 7.19. The highest BCUT2D eigenvalue weighted by atomic mass is 16.3. The molecule has 15 heavy (non-hydrogen) atoms. The molecule has 3 N–H and O–H groups in total. The van der Waals surface area contributed by atoms with E-state index in [1.165, 1.54) is 0 Å². The van der Waals surface area contributed by atoms with Crippen molar-refractivity contribution in [2.45, 2.75) is 38.7 Å². The summed E-state index contributed by atoms with van der Waals surface area (Å²) in [6.45, 7) is 3.86. The lowest BCUT2D eigenvalue weighted by molar-refractivity contribution is -0.137. The lowest BCUT2D eigenvalue weighted by Crippen LogP contribution is -2.44. The first kappa shape index (κ1) is 12.5. The smallest absolute Gasteiger partial charge is 0.226 e. The van der Waals surface area contributed by atoms with Crippen LogP contribution in [0.15, 0.2) is 0 Å². The molecule has 0 aromatic carbocycles. The number of nitrogens with zero attached hydrogens (tertiary/aromatic N) is 1. The van der Waals surface area contributed by atoms with Crippen LogP contribution in [-0.2, 0) is 4.79 Å². The Morgan fingerprint density at radius 3 is 2.60 bits per heavy atom. The average molecular weight is 214 g/mol. The van der Waals surface area contributed by atoms with Gasteiger partial charge in [0.25, 0.3) is 0 Å². The molecule has 0 aromatic heterocycles. The fraction of sp³-hybridized carbons (Fsp3) is 0.909. The van der Waals surface area contributed by atoms with Crippen molar-refractivity contribution in [2.75, 3.05) is 19.6 Å². The maximum absolute atomic E-state index is 12.0. The van der Waals surface area contributed by atoms with Crippen molar-refractivity contribution in [3.63, 3.8) is 0 Å². The minimum absolute atomic E-state index is 0.0229. The summed E-state index contributed by atoms with van der Waals surface area (Å²) in [6.07, 6.45) is 3.04. The van der Waals surface area contributed by atoms with E-state index < -0.39 is 0 Å². The summed E-state index contributed by atoms with van der Waals surface area (Å²) in [5, 5.41) is 9.35. The van der Waals surface area contributed by atoms with Crippen molar-refractivity contribution < 1.29 is 9.90 Å². The van der Waals surface area contributed by atoms with Crippen molar-refractivity contribution in [3.05, 3.63) is 0 Å². The van der Waals surface area contributed by atoms with Crippen LogP contribution in [-0.4, -0.2) is 41.7 Å². The number of likely N-dealkylation sites (tertiary alicyclic amines) is 1. The lowest BCUT2D eigenvalue weighted by atomic mass is 10.00. The van der Waals surface area contributed by atoms with Crippen LogP contribution < -0.4 is 5.73 Å². The minimum atomic E-state index is -0.225. The van der Waals surface area contributed by atoms with Gasteiger partial charge < -0.3 is 15.7 Å². The molecule has 88 valence electrons. The summed E-state index contributed by atoms with van der Waals surface area (Å²) in [5.74, 6) is 0.150. The Kier molecular flexibility index (Phi) is 5.05. The predicted octanol–water partition coefficient (Wildman–Crippen LogP) is 0.345. The molecule has 0 aromatic rings. The summed E-state index contributed by atoms with van der Waals surface area (Å²) in [5.41, 5.74) is 5.60. The molecule has 4 heteroatoms. The fourth-order valence-corrected chi connectivity index (χ4v) is 2.04. The molecule has 1 saturated heterocycles. The largest absolute Gasteiger partial charge is 0.393 e. The van der Waals surface area contributed by atoms with Gasteiger partial charge in [-0.15, -0.1) is 0 Å². The summed E-state index contributed by atoms with van der Waals surface area (Å²) < 4.78 is 0. The van der Waals surface area contributed by atoms with E-state index in [1.807, 2.05) is 4.90 Å². The normalized spacial score (nSPS) is 20.3. The number of hydrogen-bond donors (Lipinski definition) is 2. The number of carbonyl (C=O) groups is 1. The van der Waals surface area contributed by atoms with E-state index in [4.69, 9.17) is 5.73 Å². The van der Waals surface area contributed by atoms with Crippen molar-refractivity contribution in [1.82, 2.24) is 4.90 Å². The monoisotopic (exact) mass is 214 g/mol. The Balaban J connectivity index is 2.44. The van der Waals surface area contributed by atoms with Crippen molar-refractivity contribution in [2.24, 2.45) is 11.7 Å². The Bertz CT molecular complexity index is 201. The number of carbonyl (C=O) groups excluding carboxylic acids is 1. The van der Waals surface area contributed by atoms with Crippen LogP contribution >= 0.6 is 0 Å². The third-order valence-electron chi connectivity index (χ3n) is 3.05. The maximum Gasteiger partial charge on any atom is 0.226 e. The van der Waals surface area contributed by atoms with Gasteiger partial charge in [-0.25, -0.2) is 0 Å². The van der Waals surface area contributed by atoms with E-state index in [-0.39, 0.29) is 17.9 Å². The first-order valence-electron chi connectivity index (χ1n) is 5.86. The van der Waals surface area contributed by atoms with Gasteiger partial charge in [-0.2, -0.15) is 0 Å². The number of rotatable bonds is 4. The quantitative estimate of drug-likeness (QED) is 0.709. The third kappa shape index (κ3) is 3.47. The zero-order valence-corrected chi connectivity index (χ0v) is 9.48. The predicted molar refractivity (Wildman–Crippen MR) is 59.3 cm³/mol. The van der Waals surface area contributed by atoms with E-state index in [2.05, 4.69) is 6.92 Å². The van der Waals surface area contributed by atoms with Crippen LogP contribution in [0.5, 0.6) is 0 Å².